The van der Waals surface area contributed by atoms with Crippen LogP contribution < -0.4 is 0 Å². The Morgan fingerprint density at radius 1 is 1.22 bits per heavy atom. The molecule has 3 nitrogen and oxygen atoms in total. The van der Waals surface area contributed by atoms with E-state index in [1.807, 2.05) is 19.1 Å². The lowest BCUT2D eigenvalue weighted by Crippen LogP contribution is -2.15. The second-order valence-electron chi connectivity index (χ2n) is 4.95. The lowest BCUT2D eigenvalue weighted by molar-refractivity contribution is -0.146. The predicted molar refractivity (Wildman–Crippen MR) is 71.4 cm³/mol. The van der Waals surface area contributed by atoms with E-state index >= 15 is 0 Å². The van der Waals surface area contributed by atoms with E-state index in [-0.39, 0.29) is 25.1 Å². The Morgan fingerprint density at radius 2 is 1.83 bits per heavy atom. The molecule has 0 saturated heterocycles. The molecule has 3 heteroatoms. The highest BCUT2D eigenvalue weighted by Crippen LogP contribution is 2.18. The number of ether oxygens (including phenoxy) is 1. The van der Waals surface area contributed by atoms with E-state index in [0.29, 0.717) is 5.92 Å². The summed E-state index contributed by atoms with van der Waals surface area (Å²) in [5.41, 5.74) is 2.23. The van der Waals surface area contributed by atoms with Gasteiger partial charge >= 0.3 is 5.97 Å². The molecule has 0 amide bonds. The van der Waals surface area contributed by atoms with Gasteiger partial charge in [0.25, 0.3) is 0 Å². The Balaban J connectivity index is 2.63. The number of hydrogen-bond donors (Lipinski definition) is 1. The zero-order valence-electron chi connectivity index (χ0n) is 11.3. The van der Waals surface area contributed by atoms with Crippen molar-refractivity contribution in [2.24, 2.45) is 5.92 Å². The van der Waals surface area contributed by atoms with Gasteiger partial charge in [0.05, 0.1) is 12.5 Å². The number of hydrogen-bond acceptors (Lipinski definition) is 3. The molecular weight excluding hydrogens is 228 g/mol. The van der Waals surface area contributed by atoms with Crippen molar-refractivity contribution >= 4 is 5.97 Å². The number of esters is 1. The van der Waals surface area contributed by atoms with Crippen LogP contribution in [-0.4, -0.2) is 24.3 Å². The van der Waals surface area contributed by atoms with E-state index in [2.05, 4.69) is 26.0 Å². The van der Waals surface area contributed by atoms with Crippen LogP contribution in [-0.2, 0) is 16.0 Å². The van der Waals surface area contributed by atoms with Gasteiger partial charge in [-0.2, -0.15) is 0 Å². The van der Waals surface area contributed by atoms with E-state index in [0.717, 1.165) is 12.0 Å². The molecule has 0 heterocycles. The summed E-state index contributed by atoms with van der Waals surface area (Å²) in [7, 11) is 0. The van der Waals surface area contributed by atoms with E-state index in [9.17, 15) is 4.79 Å². The first-order chi connectivity index (χ1) is 8.54. The third kappa shape index (κ3) is 4.49. The van der Waals surface area contributed by atoms with Crippen molar-refractivity contribution in [3.63, 3.8) is 0 Å². The van der Waals surface area contributed by atoms with Crippen molar-refractivity contribution in [1.82, 2.24) is 0 Å². The molecule has 0 spiro atoms. The molecule has 0 aliphatic rings. The Bertz CT molecular complexity index is 368. The molecule has 0 fully saturated rings. The number of aliphatic hydroxyl groups is 1. The Morgan fingerprint density at radius 3 is 2.33 bits per heavy atom. The molecule has 0 radical (unpaired) electrons. The summed E-state index contributed by atoms with van der Waals surface area (Å²) in [5.74, 6) is 0.0492. The molecule has 0 aliphatic carbocycles. The molecule has 0 aliphatic heterocycles. The zero-order chi connectivity index (χ0) is 13.5. The molecule has 1 aromatic carbocycles. The summed E-state index contributed by atoms with van der Waals surface area (Å²) in [5, 5.41) is 8.61. The van der Waals surface area contributed by atoms with Crippen molar-refractivity contribution in [2.75, 3.05) is 13.2 Å². The maximum atomic E-state index is 11.6. The largest absolute Gasteiger partial charge is 0.463 e. The molecule has 0 aromatic heterocycles. The minimum atomic E-state index is -0.291. The fraction of sp³-hybridized carbons (Fsp3) is 0.533. The third-order valence-electron chi connectivity index (χ3n) is 2.81. The van der Waals surface area contributed by atoms with Crippen molar-refractivity contribution in [3.8, 4) is 0 Å². The third-order valence-corrected chi connectivity index (χ3v) is 2.81. The summed E-state index contributed by atoms with van der Waals surface area (Å²) in [6.07, 6.45) is 1.05. The Labute approximate surface area is 109 Å². The second-order valence-corrected chi connectivity index (χ2v) is 4.95. The molecule has 1 rings (SSSR count). The van der Waals surface area contributed by atoms with E-state index in [1.54, 1.807) is 0 Å². The normalized spacial score (nSPS) is 12.5. The van der Waals surface area contributed by atoms with Crippen LogP contribution in [0.25, 0.3) is 0 Å². The van der Waals surface area contributed by atoms with Gasteiger partial charge in [-0.15, -0.1) is 0 Å². The number of benzene rings is 1. The molecule has 0 bridgehead atoms. The van der Waals surface area contributed by atoms with Crippen LogP contribution >= 0.6 is 0 Å². The van der Waals surface area contributed by atoms with Crippen LogP contribution in [0.3, 0.4) is 0 Å². The van der Waals surface area contributed by atoms with Crippen LogP contribution in [0.5, 0.6) is 0 Å². The van der Waals surface area contributed by atoms with Gasteiger partial charge in [-0.25, -0.2) is 0 Å². The Hall–Kier alpha value is -1.35. The van der Waals surface area contributed by atoms with Crippen molar-refractivity contribution in [3.05, 3.63) is 35.4 Å². The molecule has 100 valence electrons. The fourth-order valence-corrected chi connectivity index (χ4v) is 1.82. The first kappa shape index (κ1) is 14.7. The van der Waals surface area contributed by atoms with Gasteiger partial charge in [0.2, 0.25) is 0 Å². The highest BCUT2D eigenvalue weighted by Gasteiger charge is 2.16. The van der Waals surface area contributed by atoms with Crippen molar-refractivity contribution in [1.29, 1.82) is 0 Å². The molecule has 1 aromatic rings. The van der Waals surface area contributed by atoms with Crippen LogP contribution in [0.15, 0.2) is 24.3 Å². The highest BCUT2D eigenvalue weighted by molar-refractivity contribution is 5.77. The number of carbonyl (C=O) groups excluding carboxylic acids is 1. The molecule has 1 atom stereocenters. The fourth-order valence-electron chi connectivity index (χ4n) is 1.82. The quantitative estimate of drug-likeness (QED) is 0.789. The summed E-state index contributed by atoms with van der Waals surface area (Å²) < 4.78 is 4.91. The van der Waals surface area contributed by atoms with Crippen LogP contribution in [0, 0.1) is 5.92 Å². The van der Waals surface area contributed by atoms with Crippen LogP contribution in [0.1, 0.15) is 37.8 Å². The number of rotatable bonds is 6. The van der Waals surface area contributed by atoms with Gasteiger partial charge in [-0.3, -0.25) is 4.79 Å². The molecule has 0 saturated carbocycles. The number of carbonyl (C=O) groups is 1. The van der Waals surface area contributed by atoms with Gasteiger partial charge in [0, 0.05) is 0 Å². The molecular formula is C15H22O3. The van der Waals surface area contributed by atoms with Gasteiger partial charge in [0.15, 0.2) is 0 Å². The topological polar surface area (TPSA) is 46.5 Å². The molecule has 18 heavy (non-hydrogen) atoms. The average Bonchev–Trinajstić information content (AvgIpc) is 2.35. The van der Waals surface area contributed by atoms with Gasteiger partial charge in [-0.05, 0) is 30.4 Å². The summed E-state index contributed by atoms with van der Waals surface area (Å²) in [6, 6.07) is 8.07. The second kappa shape index (κ2) is 7.17. The summed E-state index contributed by atoms with van der Waals surface area (Å²) in [6.45, 7) is 6.11. The maximum absolute atomic E-state index is 11.6. The highest BCUT2D eigenvalue weighted by atomic mass is 16.5. The van der Waals surface area contributed by atoms with E-state index < -0.39 is 0 Å². The van der Waals surface area contributed by atoms with Crippen molar-refractivity contribution in [2.45, 2.75) is 33.1 Å². The smallest absolute Gasteiger partial charge is 0.313 e. The first-order valence-corrected chi connectivity index (χ1v) is 6.41. The van der Waals surface area contributed by atoms with E-state index in [1.165, 1.54) is 5.56 Å². The molecule has 0 unspecified atom stereocenters. The van der Waals surface area contributed by atoms with Gasteiger partial charge in [0.1, 0.15) is 6.61 Å². The molecule has 1 N–H and O–H groups in total. The van der Waals surface area contributed by atoms with Gasteiger partial charge in [-0.1, -0.05) is 38.1 Å². The lowest BCUT2D eigenvalue weighted by Gasteiger charge is -2.12. The van der Waals surface area contributed by atoms with Gasteiger partial charge < -0.3 is 9.84 Å². The van der Waals surface area contributed by atoms with Crippen LogP contribution in [0.2, 0.25) is 0 Å². The number of aliphatic hydroxyl groups excluding tert-OH is 1. The average molecular weight is 250 g/mol. The predicted octanol–water partition coefficient (Wildman–Crippen LogP) is 2.52. The zero-order valence-corrected chi connectivity index (χ0v) is 11.3. The summed E-state index contributed by atoms with van der Waals surface area (Å²) >= 11 is 0. The monoisotopic (exact) mass is 250 g/mol. The minimum Gasteiger partial charge on any atom is -0.463 e. The van der Waals surface area contributed by atoms with Crippen molar-refractivity contribution < 1.29 is 14.6 Å². The Kier molecular flexibility index (Phi) is 5.86. The maximum Gasteiger partial charge on any atom is 0.313 e. The van der Waals surface area contributed by atoms with Crippen LogP contribution in [0.4, 0.5) is 0 Å². The first-order valence-electron chi connectivity index (χ1n) is 6.41. The summed E-state index contributed by atoms with van der Waals surface area (Å²) in [4.78, 5) is 11.6. The standard InChI is InChI=1S/C15H22O3/c1-11(2)10-13-4-6-14(7-5-13)12(3)15(17)18-9-8-16/h4-7,11-12,16H,8-10H2,1-3H3/t12-/m0/s1. The van der Waals surface area contributed by atoms with E-state index in [4.69, 9.17) is 9.84 Å². The SMILES string of the molecule is CC(C)Cc1ccc([C@H](C)C(=O)OCCO)cc1. The lowest BCUT2D eigenvalue weighted by atomic mass is 9.97. The minimum absolute atomic E-state index is 0.0641.